The first kappa shape index (κ1) is 12.8. The molecule has 0 atom stereocenters. The zero-order valence-corrected chi connectivity index (χ0v) is 10.3. The number of rotatable bonds is 6. The van der Waals surface area contributed by atoms with Gasteiger partial charge in [-0.15, -0.1) is 0 Å². The summed E-state index contributed by atoms with van der Waals surface area (Å²) in [6.07, 6.45) is 1.77. The second kappa shape index (κ2) is 5.80. The lowest BCUT2D eigenvalue weighted by atomic mass is 10.2. The summed E-state index contributed by atoms with van der Waals surface area (Å²) in [5.41, 5.74) is 0.952. The Morgan fingerprint density at radius 3 is 2.84 bits per heavy atom. The summed E-state index contributed by atoms with van der Waals surface area (Å²) in [6, 6.07) is 5.06. The Hall–Kier alpha value is -2.64. The predicted molar refractivity (Wildman–Crippen MR) is 69.1 cm³/mol. The number of nitrogens with zero attached hydrogens (tertiary/aromatic N) is 3. The predicted octanol–water partition coefficient (Wildman–Crippen LogP) is 1.67. The average Bonchev–Trinajstić information content (AvgIpc) is 2.91. The molecule has 0 aliphatic rings. The molecule has 0 aliphatic heterocycles. The molecule has 0 fully saturated rings. The van der Waals surface area contributed by atoms with Crippen LogP contribution in [0.25, 0.3) is 0 Å². The maximum Gasteiger partial charge on any atom is 0.315 e. The largest absolute Gasteiger partial charge is 0.382 e. The van der Waals surface area contributed by atoms with Crippen molar-refractivity contribution in [2.24, 2.45) is 0 Å². The number of benzene rings is 1. The fraction of sp³-hybridized carbons (Fsp3) is 0.273. The quantitative estimate of drug-likeness (QED) is 0.603. The molecule has 19 heavy (non-hydrogen) atoms. The molecule has 0 saturated carbocycles. The van der Waals surface area contributed by atoms with E-state index in [9.17, 15) is 10.1 Å². The lowest BCUT2D eigenvalue weighted by Crippen LogP contribution is -2.08. The van der Waals surface area contributed by atoms with Crippen LogP contribution < -0.4 is 10.6 Å². The number of anilines is 2. The summed E-state index contributed by atoms with van der Waals surface area (Å²) in [5, 5.41) is 20.5. The summed E-state index contributed by atoms with van der Waals surface area (Å²) in [7, 11) is 1.64. The first-order chi connectivity index (χ1) is 9.22. The molecule has 0 unspecified atom stereocenters. The highest BCUT2D eigenvalue weighted by Gasteiger charge is 2.18. The molecule has 0 saturated heterocycles. The van der Waals surface area contributed by atoms with Crippen LogP contribution in [0.4, 0.5) is 17.1 Å². The molecular formula is C11H13N5O3. The van der Waals surface area contributed by atoms with E-state index < -0.39 is 4.92 Å². The average molecular weight is 263 g/mol. The number of aromatic nitrogens is 2. The molecule has 8 heteroatoms. The Labute approximate surface area is 109 Å². The molecule has 0 amide bonds. The lowest BCUT2D eigenvalue weighted by Gasteiger charge is -2.09. The number of hydrogen-bond acceptors (Lipinski definition) is 7. The van der Waals surface area contributed by atoms with E-state index in [0.29, 0.717) is 30.2 Å². The molecule has 2 rings (SSSR count). The van der Waals surface area contributed by atoms with E-state index in [1.165, 1.54) is 6.39 Å². The van der Waals surface area contributed by atoms with Gasteiger partial charge in [-0.1, -0.05) is 11.2 Å². The van der Waals surface area contributed by atoms with Gasteiger partial charge in [-0.25, -0.2) is 0 Å². The fourth-order valence-corrected chi connectivity index (χ4v) is 1.70. The molecule has 0 spiro atoms. The van der Waals surface area contributed by atoms with Crippen LogP contribution in [-0.4, -0.2) is 28.7 Å². The molecule has 1 heterocycles. The monoisotopic (exact) mass is 263 g/mol. The Balaban J connectivity index is 2.09. The van der Waals surface area contributed by atoms with Crippen molar-refractivity contribution >= 4 is 17.1 Å². The van der Waals surface area contributed by atoms with Crippen LogP contribution >= 0.6 is 0 Å². The summed E-state index contributed by atoms with van der Waals surface area (Å²) in [5.74, 6) is 0.555. The highest BCUT2D eigenvalue weighted by Crippen LogP contribution is 2.32. The Morgan fingerprint density at radius 1 is 1.42 bits per heavy atom. The zero-order chi connectivity index (χ0) is 13.7. The summed E-state index contributed by atoms with van der Waals surface area (Å²) < 4.78 is 4.61. The van der Waals surface area contributed by atoms with Gasteiger partial charge < -0.3 is 15.2 Å². The molecule has 100 valence electrons. The standard InChI is InChI=1S/C11H13N5O3/c1-12-8-3-2-4-9(11(8)16(17)18)13-6-5-10-14-7-19-15-10/h2-4,7,12-13H,5-6H2,1H3. The molecule has 0 radical (unpaired) electrons. The van der Waals surface area contributed by atoms with E-state index in [1.54, 1.807) is 25.2 Å². The minimum Gasteiger partial charge on any atom is -0.382 e. The molecule has 1 aromatic heterocycles. The highest BCUT2D eigenvalue weighted by molar-refractivity contribution is 5.75. The third kappa shape index (κ3) is 2.97. The van der Waals surface area contributed by atoms with Gasteiger partial charge in [-0.2, -0.15) is 4.98 Å². The van der Waals surface area contributed by atoms with Crippen molar-refractivity contribution in [2.75, 3.05) is 24.2 Å². The van der Waals surface area contributed by atoms with Crippen molar-refractivity contribution in [1.29, 1.82) is 0 Å². The Morgan fingerprint density at radius 2 is 2.21 bits per heavy atom. The van der Waals surface area contributed by atoms with E-state index in [2.05, 4.69) is 25.3 Å². The molecule has 2 aromatic rings. The van der Waals surface area contributed by atoms with Crippen LogP contribution in [0.3, 0.4) is 0 Å². The maximum atomic E-state index is 11.1. The smallest absolute Gasteiger partial charge is 0.315 e. The van der Waals surface area contributed by atoms with Crippen LogP contribution in [0.15, 0.2) is 29.1 Å². The van der Waals surface area contributed by atoms with E-state index in [4.69, 9.17) is 0 Å². The number of para-hydroxylation sites is 1. The first-order valence-corrected chi connectivity index (χ1v) is 5.66. The minimum absolute atomic E-state index is 0.0260. The van der Waals surface area contributed by atoms with Crippen molar-refractivity contribution < 1.29 is 9.45 Å². The van der Waals surface area contributed by atoms with Gasteiger partial charge in [-0.05, 0) is 12.1 Å². The second-order valence-electron chi connectivity index (χ2n) is 3.73. The highest BCUT2D eigenvalue weighted by atomic mass is 16.6. The van der Waals surface area contributed by atoms with Gasteiger partial charge in [0, 0.05) is 20.0 Å². The van der Waals surface area contributed by atoms with Gasteiger partial charge in [0.1, 0.15) is 11.4 Å². The van der Waals surface area contributed by atoms with E-state index in [0.717, 1.165) is 0 Å². The number of nitrogens with one attached hydrogen (secondary N) is 2. The van der Waals surface area contributed by atoms with E-state index in [-0.39, 0.29) is 5.69 Å². The van der Waals surface area contributed by atoms with Crippen LogP contribution in [0.2, 0.25) is 0 Å². The summed E-state index contributed by atoms with van der Waals surface area (Å²) >= 11 is 0. The van der Waals surface area contributed by atoms with Crippen molar-refractivity contribution in [3.63, 3.8) is 0 Å². The van der Waals surface area contributed by atoms with Gasteiger partial charge in [0.2, 0.25) is 6.39 Å². The van der Waals surface area contributed by atoms with Crippen molar-refractivity contribution in [3.8, 4) is 0 Å². The van der Waals surface area contributed by atoms with Crippen LogP contribution in [-0.2, 0) is 6.42 Å². The minimum atomic E-state index is -0.414. The van der Waals surface area contributed by atoms with Gasteiger partial charge in [0.15, 0.2) is 5.82 Å². The van der Waals surface area contributed by atoms with Gasteiger partial charge in [0.05, 0.1) is 4.92 Å². The van der Waals surface area contributed by atoms with Gasteiger partial charge in [0.25, 0.3) is 0 Å². The normalized spacial score (nSPS) is 10.2. The van der Waals surface area contributed by atoms with Gasteiger partial charge >= 0.3 is 5.69 Å². The third-order valence-electron chi connectivity index (χ3n) is 2.56. The van der Waals surface area contributed by atoms with Crippen molar-refractivity contribution in [1.82, 2.24) is 10.1 Å². The van der Waals surface area contributed by atoms with Crippen LogP contribution in [0.1, 0.15) is 5.82 Å². The SMILES string of the molecule is CNc1cccc(NCCc2ncon2)c1[N+](=O)[O-]. The van der Waals surface area contributed by atoms with Crippen molar-refractivity contribution in [2.45, 2.75) is 6.42 Å². The number of nitro groups is 1. The molecule has 0 aliphatic carbocycles. The lowest BCUT2D eigenvalue weighted by molar-refractivity contribution is -0.383. The topological polar surface area (TPSA) is 106 Å². The van der Waals surface area contributed by atoms with Crippen LogP contribution in [0.5, 0.6) is 0 Å². The number of hydrogen-bond donors (Lipinski definition) is 2. The first-order valence-electron chi connectivity index (χ1n) is 5.66. The Kier molecular flexibility index (Phi) is 3.91. The number of nitro benzene ring substituents is 1. The molecule has 1 aromatic carbocycles. The molecule has 8 nitrogen and oxygen atoms in total. The third-order valence-corrected chi connectivity index (χ3v) is 2.56. The van der Waals surface area contributed by atoms with Crippen molar-refractivity contribution in [3.05, 3.63) is 40.5 Å². The maximum absolute atomic E-state index is 11.1. The van der Waals surface area contributed by atoms with Crippen LogP contribution in [0, 0.1) is 10.1 Å². The zero-order valence-electron chi connectivity index (χ0n) is 10.3. The van der Waals surface area contributed by atoms with E-state index in [1.807, 2.05) is 0 Å². The summed E-state index contributed by atoms with van der Waals surface area (Å²) in [6.45, 7) is 0.480. The molecule has 0 bridgehead atoms. The fourth-order valence-electron chi connectivity index (χ4n) is 1.70. The van der Waals surface area contributed by atoms with Gasteiger partial charge in [-0.3, -0.25) is 10.1 Å². The molecular weight excluding hydrogens is 250 g/mol. The van der Waals surface area contributed by atoms with E-state index >= 15 is 0 Å². The molecule has 2 N–H and O–H groups in total. The second-order valence-corrected chi connectivity index (χ2v) is 3.73. The summed E-state index contributed by atoms with van der Waals surface area (Å²) in [4.78, 5) is 14.5. The Bertz CT molecular complexity index is 555.